The highest BCUT2D eigenvalue weighted by Crippen LogP contribution is 2.31. The Morgan fingerprint density at radius 2 is 1.88 bits per heavy atom. The van der Waals surface area contributed by atoms with E-state index in [9.17, 15) is 0 Å². The van der Waals surface area contributed by atoms with Gasteiger partial charge in [0.15, 0.2) is 5.82 Å². The molecule has 124 valence electrons. The third kappa shape index (κ3) is 3.40. The van der Waals surface area contributed by atoms with Crippen LogP contribution in [-0.4, -0.2) is 70.2 Å². The molecule has 0 N–H and O–H groups in total. The summed E-state index contributed by atoms with van der Waals surface area (Å²) in [6, 6.07) is 2.03. The van der Waals surface area contributed by atoms with Crippen LogP contribution in [0.1, 0.15) is 0 Å². The number of fused-ring (bicyclic) bond motifs is 1. The number of thiophene rings is 1. The predicted molar refractivity (Wildman–Crippen MR) is 97.8 cm³/mol. The van der Waals surface area contributed by atoms with Gasteiger partial charge < -0.3 is 9.80 Å². The van der Waals surface area contributed by atoms with Gasteiger partial charge in [-0.1, -0.05) is 0 Å². The van der Waals surface area contributed by atoms with Crippen molar-refractivity contribution in [2.75, 3.05) is 28.2 Å². The Bertz CT molecular complexity index is 876. The van der Waals surface area contributed by atoms with E-state index in [1.54, 1.807) is 34.7 Å². The van der Waals surface area contributed by atoms with E-state index < -0.39 is 0 Å². The molecule has 0 amide bonds. The van der Waals surface area contributed by atoms with Gasteiger partial charge in [-0.3, -0.25) is 0 Å². The molecule has 0 aromatic carbocycles. The van der Waals surface area contributed by atoms with Crippen molar-refractivity contribution in [3.8, 4) is 11.1 Å². The van der Waals surface area contributed by atoms with Gasteiger partial charge in [0, 0.05) is 40.0 Å². The van der Waals surface area contributed by atoms with Crippen molar-refractivity contribution in [2.24, 2.45) is 9.98 Å². The average molecular weight is 342 g/mol. The minimum atomic E-state index is 0.347. The van der Waals surface area contributed by atoms with E-state index in [-0.39, 0.29) is 0 Å². The van der Waals surface area contributed by atoms with E-state index in [0.717, 1.165) is 11.1 Å². The summed E-state index contributed by atoms with van der Waals surface area (Å²) in [5, 5.41) is 8.50. The van der Waals surface area contributed by atoms with Crippen LogP contribution in [0.2, 0.25) is 0 Å². The van der Waals surface area contributed by atoms with Crippen LogP contribution in [-0.2, 0) is 0 Å². The largest absolute Gasteiger partial charge is 0.369 e. The smallest absolute Gasteiger partial charge is 0.272 e. The third-order valence-electron chi connectivity index (χ3n) is 2.98. The van der Waals surface area contributed by atoms with Gasteiger partial charge in [0.25, 0.3) is 11.7 Å². The van der Waals surface area contributed by atoms with Crippen LogP contribution in [0.5, 0.6) is 0 Å². The summed E-state index contributed by atoms with van der Waals surface area (Å²) in [4.78, 5) is 21.2. The average Bonchev–Trinajstić information content (AvgIpc) is 3.19. The molecular formula is C15H18N8S. The lowest BCUT2D eigenvalue weighted by Crippen LogP contribution is -2.08. The molecule has 9 heteroatoms. The molecule has 24 heavy (non-hydrogen) atoms. The maximum Gasteiger partial charge on any atom is 0.272 e. The maximum atomic E-state index is 4.56. The van der Waals surface area contributed by atoms with Gasteiger partial charge in [0.05, 0.1) is 12.7 Å². The molecular weight excluding hydrogens is 324 g/mol. The van der Waals surface area contributed by atoms with E-state index >= 15 is 0 Å². The van der Waals surface area contributed by atoms with Gasteiger partial charge in [0.2, 0.25) is 0 Å². The van der Waals surface area contributed by atoms with Crippen molar-refractivity contribution in [1.82, 2.24) is 29.4 Å². The van der Waals surface area contributed by atoms with Gasteiger partial charge in [-0.05, 0) is 22.4 Å². The summed E-state index contributed by atoms with van der Waals surface area (Å²) < 4.78 is 1.62. The van der Waals surface area contributed by atoms with Crippen LogP contribution in [0.15, 0.2) is 33.0 Å². The summed E-state index contributed by atoms with van der Waals surface area (Å²) in [5.41, 5.74) is 1.95. The number of hydrogen-bond donors (Lipinski definition) is 0. The molecule has 0 radical (unpaired) electrons. The first-order valence-electron chi connectivity index (χ1n) is 7.24. The van der Waals surface area contributed by atoms with E-state index in [0.29, 0.717) is 17.5 Å². The summed E-state index contributed by atoms with van der Waals surface area (Å²) in [6.45, 7) is 0. The van der Waals surface area contributed by atoms with Crippen molar-refractivity contribution in [1.29, 1.82) is 0 Å². The minimum Gasteiger partial charge on any atom is -0.369 e. The fourth-order valence-corrected chi connectivity index (χ4v) is 2.61. The van der Waals surface area contributed by atoms with E-state index in [4.69, 9.17) is 0 Å². The van der Waals surface area contributed by atoms with Gasteiger partial charge in [-0.15, -0.1) is 5.10 Å². The normalized spacial score (nSPS) is 11.8. The molecule has 0 aliphatic rings. The van der Waals surface area contributed by atoms with Crippen LogP contribution in [0, 0.1) is 0 Å². The Morgan fingerprint density at radius 1 is 1.12 bits per heavy atom. The van der Waals surface area contributed by atoms with Gasteiger partial charge >= 0.3 is 0 Å². The monoisotopic (exact) mass is 342 g/mol. The number of aromatic nitrogens is 4. The lowest BCUT2D eigenvalue weighted by Gasteiger charge is -2.07. The molecule has 0 spiro atoms. The fraction of sp³-hybridized carbons (Fsp3) is 0.267. The first-order chi connectivity index (χ1) is 11.5. The quantitative estimate of drug-likeness (QED) is 0.525. The second-order valence-electron chi connectivity index (χ2n) is 5.55. The SMILES string of the molecule is CN(C)/C=N/c1nc2ncc(-c3ccsc3)c(/N=C/N(C)C)n2n1. The molecule has 3 heterocycles. The Kier molecular flexibility index (Phi) is 4.52. The van der Waals surface area contributed by atoms with E-state index in [1.165, 1.54) is 0 Å². The molecule has 8 nitrogen and oxygen atoms in total. The highest BCUT2D eigenvalue weighted by molar-refractivity contribution is 7.08. The Hall–Kier alpha value is -2.81. The molecule has 0 saturated heterocycles. The fourth-order valence-electron chi connectivity index (χ4n) is 1.95. The second-order valence-corrected chi connectivity index (χ2v) is 6.33. The van der Waals surface area contributed by atoms with Crippen molar-refractivity contribution >= 4 is 41.6 Å². The Balaban J connectivity index is 2.16. The molecule has 0 aliphatic heterocycles. The van der Waals surface area contributed by atoms with Crippen molar-refractivity contribution in [3.63, 3.8) is 0 Å². The Labute approximate surface area is 143 Å². The zero-order chi connectivity index (χ0) is 17.1. The lowest BCUT2D eigenvalue weighted by atomic mass is 10.2. The summed E-state index contributed by atoms with van der Waals surface area (Å²) in [5.74, 6) is 1.48. The summed E-state index contributed by atoms with van der Waals surface area (Å²) in [7, 11) is 7.61. The standard InChI is InChI=1S/C15H18N8S/c1-21(2)9-17-13-12(11-5-6-24-8-11)7-16-15-19-14(20-23(13)15)18-10-22(3)4/h5-10H,1-4H3/b17-9+,18-10+. The molecule has 3 rings (SSSR count). The predicted octanol–water partition coefficient (Wildman–Crippen LogP) is 2.30. The minimum absolute atomic E-state index is 0.347. The second kappa shape index (κ2) is 6.75. The highest BCUT2D eigenvalue weighted by Gasteiger charge is 2.14. The highest BCUT2D eigenvalue weighted by atomic mass is 32.1. The lowest BCUT2D eigenvalue weighted by molar-refractivity contribution is 0.642. The molecule has 3 aromatic heterocycles. The number of aliphatic imine (C=N–C) groups is 2. The van der Waals surface area contributed by atoms with Crippen molar-refractivity contribution in [3.05, 3.63) is 23.0 Å². The van der Waals surface area contributed by atoms with Crippen LogP contribution < -0.4 is 0 Å². The first kappa shape index (κ1) is 16.1. The molecule has 0 fully saturated rings. The van der Waals surface area contributed by atoms with Crippen LogP contribution in [0.3, 0.4) is 0 Å². The summed E-state index contributed by atoms with van der Waals surface area (Å²) in [6.07, 6.45) is 5.15. The molecule has 0 aliphatic carbocycles. The van der Waals surface area contributed by atoms with E-state index in [1.807, 2.05) is 49.4 Å². The van der Waals surface area contributed by atoms with Gasteiger partial charge in [-0.25, -0.2) is 15.0 Å². The van der Waals surface area contributed by atoms with Crippen LogP contribution in [0.25, 0.3) is 16.9 Å². The third-order valence-corrected chi connectivity index (χ3v) is 3.66. The molecule has 0 saturated carbocycles. The van der Waals surface area contributed by atoms with Crippen molar-refractivity contribution in [2.45, 2.75) is 0 Å². The van der Waals surface area contributed by atoms with Gasteiger partial charge in [-0.2, -0.15) is 20.8 Å². The molecule has 0 unspecified atom stereocenters. The zero-order valence-electron chi connectivity index (χ0n) is 14.0. The maximum absolute atomic E-state index is 4.56. The van der Waals surface area contributed by atoms with E-state index in [2.05, 4.69) is 30.4 Å². The van der Waals surface area contributed by atoms with Crippen molar-refractivity contribution < 1.29 is 0 Å². The Morgan fingerprint density at radius 3 is 2.54 bits per heavy atom. The number of nitrogens with zero attached hydrogens (tertiary/aromatic N) is 8. The molecule has 3 aromatic rings. The van der Waals surface area contributed by atoms with Crippen LogP contribution >= 0.6 is 11.3 Å². The molecule has 0 atom stereocenters. The molecule has 0 bridgehead atoms. The van der Waals surface area contributed by atoms with Crippen LogP contribution in [0.4, 0.5) is 11.8 Å². The first-order valence-corrected chi connectivity index (χ1v) is 8.18. The summed E-state index contributed by atoms with van der Waals surface area (Å²) >= 11 is 1.63. The zero-order valence-corrected chi connectivity index (χ0v) is 14.8. The topological polar surface area (TPSA) is 74.3 Å². The number of rotatable bonds is 5. The van der Waals surface area contributed by atoms with Gasteiger partial charge in [0.1, 0.15) is 0 Å². The number of hydrogen-bond acceptors (Lipinski definition) is 6.